The molecule has 0 saturated heterocycles. The molecule has 6 heteroatoms. The number of hydrogen-bond acceptors (Lipinski definition) is 6. The summed E-state index contributed by atoms with van der Waals surface area (Å²) in [6.45, 7) is 4.76. The van der Waals surface area contributed by atoms with Crippen molar-refractivity contribution in [2.24, 2.45) is 10.2 Å². The van der Waals surface area contributed by atoms with Gasteiger partial charge in [0, 0.05) is 0 Å². The zero-order valence-corrected chi connectivity index (χ0v) is 19.0. The van der Waals surface area contributed by atoms with Gasteiger partial charge in [0.15, 0.2) is 0 Å². The van der Waals surface area contributed by atoms with Gasteiger partial charge in [0.25, 0.3) is 0 Å². The third-order valence-corrected chi connectivity index (χ3v) is 5.00. The van der Waals surface area contributed by atoms with Crippen molar-refractivity contribution >= 4 is 17.3 Å². The minimum atomic E-state index is -0.482. The highest BCUT2D eigenvalue weighted by molar-refractivity contribution is 5.91. The summed E-state index contributed by atoms with van der Waals surface area (Å²) in [5.41, 5.74) is 3.01. The molecule has 0 bridgehead atoms. The molecule has 0 saturated carbocycles. The molecule has 0 atom stereocenters. The third-order valence-electron chi connectivity index (χ3n) is 5.00. The Morgan fingerprint density at radius 2 is 1.61 bits per heavy atom. The lowest BCUT2D eigenvalue weighted by Crippen LogP contribution is -2.09. The zero-order chi connectivity index (χ0) is 23.5. The largest absolute Gasteiger partial charge is 0.494 e. The molecule has 0 aliphatic carbocycles. The lowest BCUT2D eigenvalue weighted by molar-refractivity contribution is 0.0733. The molecule has 3 rings (SSSR count). The Morgan fingerprint density at radius 1 is 0.909 bits per heavy atom. The molecule has 0 aliphatic heterocycles. The Labute approximate surface area is 194 Å². The fraction of sp³-hybridized carbons (Fsp3) is 0.259. The first kappa shape index (κ1) is 23.7. The van der Waals surface area contributed by atoms with Crippen LogP contribution in [0.3, 0.4) is 0 Å². The molecular weight excluding hydrogens is 414 g/mol. The van der Waals surface area contributed by atoms with Gasteiger partial charge in [-0.1, -0.05) is 26.2 Å². The number of nitrogens with zero attached hydrogens (tertiary/aromatic N) is 3. The summed E-state index contributed by atoms with van der Waals surface area (Å²) >= 11 is 0. The average molecular weight is 442 g/mol. The molecule has 0 fully saturated rings. The number of ether oxygens (including phenoxy) is 2. The van der Waals surface area contributed by atoms with E-state index in [1.807, 2.05) is 37.3 Å². The van der Waals surface area contributed by atoms with Crippen molar-refractivity contribution in [3.05, 3.63) is 83.4 Å². The number of esters is 1. The molecule has 0 aromatic heterocycles. The van der Waals surface area contributed by atoms with Gasteiger partial charge in [-0.2, -0.15) is 15.5 Å². The standard InChI is InChI=1S/C27H27N3O3/c1-3-4-5-6-17-32-25-14-11-23(12-15-25)29-30-24-13-16-26(20(2)18-24)33-27(31)22-9-7-21(19-28)8-10-22/h7-16,18H,3-6,17H2,1-2H3. The molecule has 0 spiro atoms. The van der Waals surface area contributed by atoms with E-state index in [4.69, 9.17) is 14.7 Å². The molecule has 0 heterocycles. The quantitative estimate of drug-likeness (QED) is 0.141. The molecule has 0 aliphatic rings. The van der Waals surface area contributed by atoms with Gasteiger partial charge >= 0.3 is 5.97 Å². The van der Waals surface area contributed by atoms with Crippen LogP contribution in [0.5, 0.6) is 11.5 Å². The van der Waals surface area contributed by atoms with Gasteiger partial charge in [-0.25, -0.2) is 4.79 Å². The van der Waals surface area contributed by atoms with E-state index in [1.54, 1.807) is 42.5 Å². The van der Waals surface area contributed by atoms with Gasteiger partial charge in [-0.3, -0.25) is 0 Å². The van der Waals surface area contributed by atoms with Crippen LogP contribution >= 0.6 is 0 Å². The SMILES string of the molecule is CCCCCCOc1ccc(N=Nc2ccc(OC(=O)c3ccc(C#N)cc3)c(C)c2)cc1. The van der Waals surface area contributed by atoms with Crippen molar-refractivity contribution in [1.82, 2.24) is 0 Å². The summed E-state index contributed by atoms with van der Waals surface area (Å²) in [7, 11) is 0. The zero-order valence-electron chi connectivity index (χ0n) is 19.0. The second-order valence-electron chi connectivity index (χ2n) is 7.63. The fourth-order valence-electron chi connectivity index (χ4n) is 3.09. The number of unbranched alkanes of at least 4 members (excludes halogenated alkanes) is 3. The number of rotatable bonds is 10. The van der Waals surface area contributed by atoms with E-state index in [-0.39, 0.29) is 0 Å². The molecule has 3 aromatic carbocycles. The summed E-state index contributed by atoms with van der Waals surface area (Å²) in [5.74, 6) is 0.795. The van der Waals surface area contributed by atoms with Crippen molar-refractivity contribution in [3.63, 3.8) is 0 Å². The van der Waals surface area contributed by atoms with Gasteiger partial charge in [-0.15, -0.1) is 0 Å². The Kier molecular flexibility index (Phi) is 8.72. The molecule has 168 valence electrons. The molecule has 33 heavy (non-hydrogen) atoms. The van der Waals surface area contributed by atoms with E-state index in [1.165, 1.54) is 19.3 Å². The van der Waals surface area contributed by atoms with Crippen LogP contribution in [0.15, 0.2) is 77.0 Å². The van der Waals surface area contributed by atoms with E-state index in [0.717, 1.165) is 30.0 Å². The Morgan fingerprint density at radius 3 is 2.27 bits per heavy atom. The highest BCUT2D eigenvalue weighted by Crippen LogP contribution is 2.27. The highest BCUT2D eigenvalue weighted by Gasteiger charge is 2.11. The molecule has 0 amide bonds. The summed E-state index contributed by atoms with van der Waals surface area (Å²) in [6.07, 6.45) is 4.71. The van der Waals surface area contributed by atoms with Gasteiger partial charge in [0.2, 0.25) is 0 Å². The number of azo groups is 1. The maximum absolute atomic E-state index is 12.3. The second-order valence-corrected chi connectivity index (χ2v) is 7.63. The molecular formula is C27H27N3O3. The van der Waals surface area contributed by atoms with Crippen molar-refractivity contribution in [3.8, 4) is 17.6 Å². The van der Waals surface area contributed by atoms with Gasteiger partial charge < -0.3 is 9.47 Å². The van der Waals surface area contributed by atoms with Crippen LogP contribution in [-0.4, -0.2) is 12.6 Å². The maximum atomic E-state index is 12.3. The van der Waals surface area contributed by atoms with Crippen LogP contribution in [-0.2, 0) is 0 Å². The van der Waals surface area contributed by atoms with Gasteiger partial charge in [0.1, 0.15) is 11.5 Å². The molecule has 0 N–H and O–H groups in total. The smallest absolute Gasteiger partial charge is 0.343 e. The Bertz CT molecular complexity index is 1130. The van der Waals surface area contributed by atoms with E-state index in [9.17, 15) is 4.79 Å². The Hall–Kier alpha value is -3.98. The fourth-order valence-corrected chi connectivity index (χ4v) is 3.09. The van der Waals surface area contributed by atoms with Crippen LogP contribution in [0.1, 0.15) is 54.1 Å². The monoisotopic (exact) mass is 441 g/mol. The van der Waals surface area contributed by atoms with E-state index in [2.05, 4.69) is 17.2 Å². The van der Waals surface area contributed by atoms with Crippen molar-refractivity contribution in [2.45, 2.75) is 39.5 Å². The van der Waals surface area contributed by atoms with Crippen molar-refractivity contribution < 1.29 is 14.3 Å². The normalized spacial score (nSPS) is 10.7. The first-order valence-corrected chi connectivity index (χ1v) is 11.1. The van der Waals surface area contributed by atoms with E-state index >= 15 is 0 Å². The maximum Gasteiger partial charge on any atom is 0.343 e. The van der Waals surface area contributed by atoms with Crippen LogP contribution < -0.4 is 9.47 Å². The molecule has 0 radical (unpaired) electrons. The number of hydrogen-bond donors (Lipinski definition) is 0. The number of benzene rings is 3. The minimum Gasteiger partial charge on any atom is -0.494 e. The van der Waals surface area contributed by atoms with Crippen LogP contribution in [0.2, 0.25) is 0 Å². The molecule has 6 nitrogen and oxygen atoms in total. The summed E-state index contributed by atoms with van der Waals surface area (Å²) < 4.78 is 11.2. The predicted octanol–water partition coefficient (Wildman–Crippen LogP) is 7.46. The lowest BCUT2D eigenvalue weighted by atomic mass is 10.1. The van der Waals surface area contributed by atoms with Crippen LogP contribution in [0, 0.1) is 18.3 Å². The van der Waals surface area contributed by atoms with Crippen molar-refractivity contribution in [2.75, 3.05) is 6.61 Å². The molecule has 0 unspecified atom stereocenters. The summed E-state index contributed by atoms with van der Waals surface area (Å²) in [6, 6.07) is 21.1. The number of carbonyl (C=O) groups is 1. The summed E-state index contributed by atoms with van der Waals surface area (Å²) in [4.78, 5) is 12.3. The second kappa shape index (κ2) is 12.2. The van der Waals surface area contributed by atoms with Gasteiger partial charge in [-0.05, 0) is 85.6 Å². The Balaban J connectivity index is 1.56. The number of aryl methyl sites for hydroxylation is 1. The van der Waals surface area contributed by atoms with E-state index < -0.39 is 5.97 Å². The summed E-state index contributed by atoms with van der Waals surface area (Å²) in [5, 5.41) is 17.4. The predicted molar refractivity (Wildman–Crippen MR) is 128 cm³/mol. The highest BCUT2D eigenvalue weighted by atomic mass is 16.5. The molecule has 3 aromatic rings. The van der Waals surface area contributed by atoms with E-state index in [0.29, 0.717) is 22.6 Å². The third kappa shape index (κ3) is 7.29. The minimum absolute atomic E-state index is 0.380. The average Bonchev–Trinajstić information content (AvgIpc) is 2.85. The van der Waals surface area contributed by atoms with Crippen LogP contribution in [0.25, 0.3) is 0 Å². The van der Waals surface area contributed by atoms with Crippen molar-refractivity contribution in [1.29, 1.82) is 5.26 Å². The number of carbonyl (C=O) groups excluding carboxylic acids is 1. The lowest BCUT2D eigenvalue weighted by Gasteiger charge is -2.08. The van der Waals surface area contributed by atoms with Gasteiger partial charge in [0.05, 0.1) is 35.2 Å². The number of nitriles is 1. The first-order chi connectivity index (χ1) is 16.1. The first-order valence-electron chi connectivity index (χ1n) is 11.1. The van der Waals surface area contributed by atoms with Crippen LogP contribution in [0.4, 0.5) is 11.4 Å². The topological polar surface area (TPSA) is 84.0 Å².